The van der Waals surface area contributed by atoms with Crippen LogP contribution in [0.3, 0.4) is 0 Å². The molecule has 0 unspecified atom stereocenters. The first kappa shape index (κ1) is 17.2. The molecule has 0 spiro atoms. The summed E-state index contributed by atoms with van der Waals surface area (Å²) in [5, 5.41) is 20.2. The van der Waals surface area contributed by atoms with E-state index in [1.807, 2.05) is 24.3 Å². The van der Waals surface area contributed by atoms with Crippen molar-refractivity contribution in [1.29, 1.82) is 0 Å². The Kier molecular flexibility index (Phi) is 5.81. The lowest BCUT2D eigenvalue weighted by Crippen LogP contribution is -2.53. The Bertz CT molecular complexity index is 407. The lowest BCUT2D eigenvalue weighted by atomic mass is 9.76. The highest BCUT2D eigenvalue weighted by Gasteiger charge is 2.39. The zero-order valence-corrected chi connectivity index (χ0v) is 13.3. The molecule has 0 heterocycles. The maximum Gasteiger partial charge on any atom is 0.491 e. The van der Waals surface area contributed by atoms with Gasteiger partial charge in [-0.3, -0.25) is 0 Å². The van der Waals surface area contributed by atoms with Crippen LogP contribution in [0.2, 0.25) is 0 Å². The van der Waals surface area contributed by atoms with Gasteiger partial charge in [0.05, 0.1) is 11.2 Å². The van der Waals surface area contributed by atoms with Crippen molar-refractivity contribution < 1.29 is 14.8 Å². The Hall–Kier alpha value is -0.835. The summed E-state index contributed by atoms with van der Waals surface area (Å²) in [6, 6.07) is 7.82. The smallest absolute Gasteiger partial charge is 0.423 e. The molecular formula is C16H27BO3. The van der Waals surface area contributed by atoms with Crippen molar-refractivity contribution in [3.63, 3.8) is 0 Å². The summed E-state index contributed by atoms with van der Waals surface area (Å²) in [4.78, 5) is 0. The maximum absolute atomic E-state index is 10.2. The number of rotatable bonds is 7. The van der Waals surface area contributed by atoms with Crippen molar-refractivity contribution in [2.45, 2.75) is 65.1 Å². The molecule has 0 atom stereocenters. The zero-order valence-electron chi connectivity index (χ0n) is 13.3. The molecule has 1 aromatic rings. The molecule has 0 fully saturated rings. The zero-order chi connectivity index (χ0) is 15.4. The minimum absolute atomic E-state index is 0.711. The van der Waals surface area contributed by atoms with E-state index in [-0.39, 0.29) is 0 Å². The van der Waals surface area contributed by atoms with E-state index in [4.69, 9.17) is 4.65 Å². The van der Waals surface area contributed by atoms with E-state index >= 15 is 0 Å². The average molecular weight is 278 g/mol. The van der Waals surface area contributed by atoms with Crippen LogP contribution in [0, 0.1) is 0 Å². The van der Waals surface area contributed by atoms with Crippen molar-refractivity contribution in [2.75, 3.05) is 0 Å². The molecule has 0 aliphatic rings. The van der Waals surface area contributed by atoms with Crippen molar-refractivity contribution >= 4 is 12.6 Å². The highest BCUT2D eigenvalue weighted by atomic mass is 16.5. The van der Waals surface area contributed by atoms with Crippen molar-refractivity contribution in [3.05, 3.63) is 29.8 Å². The monoisotopic (exact) mass is 278 g/mol. The van der Waals surface area contributed by atoms with E-state index < -0.39 is 18.3 Å². The predicted molar refractivity (Wildman–Crippen MR) is 84.1 cm³/mol. The second-order valence-corrected chi connectivity index (χ2v) is 6.38. The number of hydrogen-bond donors (Lipinski definition) is 2. The normalized spacial score (nSPS) is 12.6. The number of benzene rings is 1. The molecule has 20 heavy (non-hydrogen) atoms. The van der Waals surface area contributed by atoms with Crippen LogP contribution in [-0.4, -0.2) is 28.5 Å². The van der Waals surface area contributed by atoms with Gasteiger partial charge in [0.2, 0.25) is 0 Å². The predicted octanol–water partition coefficient (Wildman–Crippen LogP) is 2.28. The summed E-state index contributed by atoms with van der Waals surface area (Å²) < 4.78 is 5.61. The number of aryl methyl sites for hydroxylation is 1. The Balaban J connectivity index is 2.71. The molecule has 0 aromatic heterocycles. The fraction of sp³-hybridized carbons (Fsp3) is 0.625. The summed E-state index contributed by atoms with van der Waals surface area (Å²) in [6.45, 7) is 9.06. The topological polar surface area (TPSA) is 49.7 Å². The van der Waals surface area contributed by atoms with Crippen LogP contribution >= 0.6 is 0 Å². The molecule has 0 aliphatic heterocycles. The van der Waals surface area contributed by atoms with Gasteiger partial charge in [-0.25, -0.2) is 0 Å². The van der Waals surface area contributed by atoms with Crippen LogP contribution in [0.25, 0.3) is 0 Å². The van der Waals surface area contributed by atoms with Crippen LogP contribution in [0.15, 0.2) is 24.3 Å². The molecule has 112 valence electrons. The molecular weight excluding hydrogens is 251 g/mol. The summed E-state index contributed by atoms with van der Waals surface area (Å²) >= 11 is 0. The van der Waals surface area contributed by atoms with Gasteiger partial charge in [-0.15, -0.1) is 0 Å². The van der Waals surface area contributed by atoms with Gasteiger partial charge < -0.3 is 14.8 Å². The Morgan fingerprint density at radius 1 is 1.10 bits per heavy atom. The third-order valence-electron chi connectivity index (χ3n) is 3.96. The third kappa shape index (κ3) is 4.62. The van der Waals surface area contributed by atoms with Gasteiger partial charge in [-0.2, -0.15) is 0 Å². The van der Waals surface area contributed by atoms with Gasteiger partial charge in [0, 0.05) is 0 Å². The van der Waals surface area contributed by atoms with Crippen LogP contribution in [0.4, 0.5) is 0 Å². The quantitative estimate of drug-likeness (QED) is 0.752. The van der Waals surface area contributed by atoms with E-state index in [1.165, 1.54) is 18.4 Å². The first-order valence-corrected chi connectivity index (χ1v) is 7.34. The highest BCUT2D eigenvalue weighted by Crippen LogP contribution is 2.25. The molecule has 0 saturated carbocycles. The summed E-state index contributed by atoms with van der Waals surface area (Å²) in [6.07, 6.45) is 3.40. The van der Waals surface area contributed by atoms with E-state index in [1.54, 1.807) is 27.7 Å². The van der Waals surface area contributed by atoms with Crippen molar-refractivity contribution in [2.24, 2.45) is 0 Å². The van der Waals surface area contributed by atoms with E-state index in [0.717, 1.165) is 6.42 Å². The molecule has 2 N–H and O–H groups in total. The molecule has 1 rings (SSSR count). The first-order valence-electron chi connectivity index (χ1n) is 7.34. The van der Waals surface area contributed by atoms with Gasteiger partial charge in [0.1, 0.15) is 0 Å². The Morgan fingerprint density at radius 3 is 2.10 bits per heavy atom. The van der Waals surface area contributed by atoms with Crippen LogP contribution < -0.4 is 5.46 Å². The van der Waals surface area contributed by atoms with E-state index in [2.05, 4.69) is 6.92 Å². The lowest BCUT2D eigenvalue weighted by Gasteiger charge is -2.38. The van der Waals surface area contributed by atoms with E-state index in [0.29, 0.717) is 5.46 Å². The molecule has 0 aliphatic carbocycles. The van der Waals surface area contributed by atoms with Crippen molar-refractivity contribution in [3.8, 4) is 0 Å². The van der Waals surface area contributed by atoms with E-state index in [9.17, 15) is 10.1 Å². The fourth-order valence-electron chi connectivity index (χ4n) is 1.72. The molecule has 0 saturated heterocycles. The molecule has 3 nitrogen and oxygen atoms in total. The number of aliphatic hydroxyl groups is 1. The Morgan fingerprint density at radius 2 is 1.65 bits per heavy atom. The van der Waals surface area contributed by atoms with Gasteiger partial charge in [-0.1, -0.05) is 37.6 Å². The van der Waals surface area contributed by atoms with Gasteiger partial charge in [0.25, 0.3) is 0 Å². The standard InChI is InChI=1S/C16H27BO3/c1-6-7-8-13-9-11-14(12-10-13)17(19)20-16(4,5)15(2,3)18/h9-12,18-19H,6-8H2,1-5H3. The molecule has 0 radical (unpaired) electrons. The summed E-state index contributed by atoms with van der Waals surface area (Å²) in [5.74, 6) is 0. The average Bonchev–Trinajstić information content (AvgIpc) is 2.35. The Labute approximate surface area is 123 Å². The lowest BCUT2D eigenvalue weighted by molar-refractivity contribution is -0.0982. The number of unbranched alkanes of at least 4 members (excludes halogenated alkanes) is 1. The van der Waals surface area contributed by atoms with Gasteiger partial charge in [0.15, 0.2) is 0 Å². The molecule has 1 aromatic carbocycles. The molecule has 0 bridgehead atoms. The fourth-order valence-corrected chi connectivity index (χ4v) is 1.72. The highest BCUT2D eigenvalue weighted by molar-refractivity contribution is 6.60. The summed E-state index contributed by atoms with van der Waals surface area (Å²) in [5.41, 5.74) is 0.106. The first-order chi connectivity index (χ1) is 9.17. The maximum atomic E-state index is 10.2. The third-order valence-corrected chi connectivity index (χ3v) is 3.96. The largest absolute Gasteiger partial charge is 0.491 e. The minimum Gasteiger partial charge on any atom is -0.423 e. The van der Waals surface area contributed by atoms with Gasteiger partial charge in [-0.05, 0) is 51.6 Å². The van der Waals surface area contributed by atoms with Crippen LogP contribution in [0.5, 0.6) is 0 Å². The second kappa shape index (κ2) is 6.75. The van der Waals surface area contributed by atoms with Crippen LogP contribution in [0.1, 0.15) is 53.0 Å². The minimum atomic E-state index is -1.03. The molecule has 4 heteroatoms. The number of hydrogen-bond acceptors (Lipinski definition) is 3. The van der Waals surface area contributed by atoms with Gasteiger partial charge >= 0.3 is 7.12 Å². The van der Waals surface area contributed by atoms with Crippen LogP contribution in [-0.2, 0) is 11.1 Å². The summed E-state index contributed by atoms with van der Waals surface area (Å²) in [7, 11) is -1.03. The second-order valence-electron chi connectivity index (χ2n) is 6.38. The molecule has 0 amide bonds. The van der Waals surface area contributed by atoms with Crippen molar-refractivity contribution in [1.82, 2.24) is 0 Å². The SMILES string of the molecule is CCCCc1ccc(B(O)OC(C)(C)C(C)(C)O)cc1.